The minimum Gasteiger partial charge on any atom is -0.379 e. The Hall–Kier alpha value is -2.22. The molecule has 0 bridgehead atoms. The number of rotatable bonds is 5. The van der Waals surface area contributed by atoms with E-state index < -0.39 is 10.0 Å². The van der Waals surface area contributed by atoms with Crippen LogP contribution >= 0.6 is 0 Å². The average molecular weight is 388 g/mol. The average Bonchev–Trinajstić information content (AvgIpc) is 2.69. The number of hydrogen-bond donors (Lipinski definition) is 1. The van der Waals surface area contributed by atoms with E-state index in [2.05, 4.69) is 5.32 Å². The zero-order valence-electron chi connectivity index (χ0n) is 15.5. The van der Waals surface area contributed by atoms with Gasteiger partial charge < -0.3 is 10.1 Å². The summed E-state index contributed by atoms with van der Waals surface area (Å²) in [5.74, 6) is -0.301. The van der Waals surface area contributed by atoms with E-state index in [1.807, 2.05) is 37.3 Å². The first-order chi connectivity index (χ1) is 12.9. The van der Waals surface area contributed by atoms with E-state index in [-0.39, 0.29) is 16.8 Å². The predicted molar refractivity (Wildman–Crippen MR) is 103 cm³/mol. The van der Waals surface area contributed by atoms with Crippen LogP contribution < -0.4 is 5.32 Å². The topological polar surface area (TPSA) is 75.7 Å². The molecule has 1 saturated heterocycles. The molecule has 2 aromatic rings. The highest BCUT2D eigenvalue weighted by Crippen LogP contribution is 2.23. The van der Waals surface area contributed by atoms with Gasteiger partial charge in [-0.2, -0.15) is 4.31 Å². The van der Waals surface area contributed by atoms with E-state index in [9.17, 15) is 13.2 Å². The van der Waals surface area contributed by atoms with Crippen LogP contribution in [-0.4, -0.2) is 44.9 Å². The van der Waals surface area contributed by atoms with Crippen LogP contribution in [0.25, 0.3) is 0 Å². The first-order valence-corrected chi connectivity index (χ1v) is 10.4. The molecule has 1 aliphatic rings. The molecule has 2 aromatic carbocycles. The Morgan fingerprint density at radius 1 is 1.11 bits per heavy atom. The molecule has 1 heterocycles. The molecule has 0 saturated carbocycles. The van der Waals surface area contributed by atoms with Gasteiger partial charge in [-0.25, -0.2) is 8.42 Å². The SMILES string of the molecule is Cc1ccc(C(=O)N[C@H](C)c2ccccc2)cc1S(=O)(=O)N1CCOCC1. The molecule has 1 fully saturated rings. The maximum absolute atomic E-state index is 13.0. The first kappa shape index (κ1) is 19.5. The van der Waals surface area contributed by atoms with Crippen molar-refractivity contribution in [3.05, 3.63) is 65.2 Å². The number of nitrogens with zero attached hydrogens (tertiary/aromatic N) is 1. The van der Waals surface area contributed by atoms with Crippen LogP contribution in [-0.2, 0) is 14.8 Å². The molecular weight excluding hydrogens is 364 g/mol. The van der Waals surface area contributed by atoms with E-state index in [0.717, 1.165) is 5.56 Å². The standard InChI is InChI=1S/C20H24N2O4S/c1-15-8-9-18(20(23)21-16(2)17-6-4-3-5-7-17)14-19(15)27(24,25)22-10-12-26-13-11-22/h3-9,14,16H,10-13H2,1-2H3,(H,21,23)/t16-/m1/s1. The van der Waals surface area contributed by atoms with Crippen LogP contribution in [0, 0.1) is 6.92 Å². The number of amides is 1. The monoisotopic (exact) mass is 388 g/mol. The van der Waals surface area contributed by atoms with Gasteiger partial charge in [-0.15, -0.1) is 0 Å². The molecule has 3 rings (SSSR count). The number of nitrogens with one attached hydrogen (secondary N) is 1. The highest BCUT2D eigenvalue weighted by atomic mass is 32.2. The molecule has 0 aromatic heterocycles. The van der Waals surface area contributed by atoms with Crippen molar-refractivity contribution in [1.82, 2.24) is 9.62 Å². The first-order valence-electron chi connectivity index (χ1n) is 8.94. The summed E-state index contributed by atoms with van der Waals surface area (Å²) < 4.78 is 32.6. The fourth-order valence-corrected chi connectivity index (χ4v) is 4.71. The lowest BCUT2D eigenvalue weighted by Crippen LogP contribution is -2.41. The summed E-state index contributed by atoms with van der Waals surface area (Å²) in [6, 6.07) is 14.2. The van der Waals surface area contributed by atoms with E-state index in [1.165, 1.54) is 10.4 Å². The van der Waals surface area contributed by atoms with Gasteiger partial charge in [-0.1, -0.05) is 36.4 Å². The van der Waals surface area contributed by atoms with Crippen molar-refractivity contribution in [2.75, 3.05) is 26.3 Å². The summed E-state index contributed by atoms with van der Waals surface area (Å²) >= 11 is 0. The van der Waals surface area contributed by atoms with Gasteiger partial charge in [-0.3, -0.25) is 4.79 Å². The summed E-state index contributed by atoms with van der Waals surface area (Å²) in [7, 11) is -3.66. The van der Waals surface area contributed by atoms with Crippen molar-refractivity contribution in [2.45, 2.75) is 24.8 Å². The fourth-order valence-electron chi connectivity index (χ4n) is 3.05. The van der Waals surface area contributed by atoms with Crippen LogP contribution in [0.3, 0.4) is 0 Å². The van der Waals surface area contributed by atoms with Gasteiger partial charge in [0, 0.05) is 18.7 Å². The molecule has 0 aliphatic carbocycles. The molecule has 144 valence electrons. The van der Waals surface area contributed by atoms with Gasteiger partial charge in [0.25, 0.3) is 5.91 Å². The molecule has 1 aliphatic heterocycles. The normalized spacial score (nSPS) is 16.7. The Morgan fingerprint density at radius 2 is 1.78 bits per heavy atom. The summed E-state index contributed by atoms with van der Waals surface area (Å²) in [5, 5.41) is 2.92. The summed E-state index contributed by atoms with van der Waals surface area (Å²) in [5.41, 5.74) is 1.93. The largest absolute Gasteiger partial charge is 0.379 e. The Bertz CT molecular complexity index is 907. The van der Waals surface area contributed by atoms with E-state index in [4.69, 9.17) is 4.74 Å². The second kappa shape index (κ2) is 8.21. The van der Waals surface area contributed by atoms with Gasteiger partial charge in [-0.05, 0) is 37.1 Å². The Labute approximate surface area is 160 Å². The van der Waals surface area contributed by atoms with Crippen molar-refractivity contribution >= 4 is 15.9 Å². The molecule has 7 heteroatoms. The number of sulfonamides is 1. The maximum Gasteiger partial charge on any atom is 0.251 e. The number of benzene rings is 2. The zero-order valence-corrected chi connectivity index (χ0v) is 16.3. The van der Waals surface area contributed by atoms with Crippen LogP contribution in [0.5, 0.6) is 0 Å². The van der Waals surface area contributed by atoms with Crippen molar-refractivity contribution < 1.29 is 17.9 Å². The molecule has 6 nitrogen and oxygen atoms in total. The molecule has 27 heavy (non-hydrogen) atoms. The van der Waals surface area contributed by atoms with Gasteiger partial charge in [0.2, 0.25) is 10.0 Å². The molecular formula is C20H24N2O4S. The lowest BCUT2D eigenvalue weighted by atomic mass is 10.1. The number of aryl methyl sites for hydroxylation is 1. The van der Waals surface area contributed by atoms with E-state index in [0.29, 0.717) is 37.4 Å². The number of hydrogen-bond acceptors (Lipinski definition) is 4. The van der Waals surface area contributed by atoms with Gasteiger partial charge >= 0.3 is 0 Å². The van der Waals surface area contributed by atoms with Crippen molar-refractivity contribution in [3.63, 3.8) is 0 Å². The molecule has 0 unspecified atom stereocenters. The van der Waals surface area contributed by atoms with Gasteiger partial charge in [0.1, 0.15) is 0 Å². The highest BCUT2D eigenvalue weighted by Gasteiger charge is 2.28. The fraction of sp³-hybridized carbons (Fsp3) is 0.350. The Morgan fingerprint density at radius 3 is 2.44 bits per heavy atom. The van der Waals surface area contributed by atoms with E-state index in [1.54, 1.807) is 19.1 Å². The molecule has 1 atom stereocenters. The lowest BCUT2D eigenvalue weighted by molar-refractivity contribution is 0.0730. The predicted octanol–water partition coefficient (Wildman–Crippen LogP) is 2.51. The second-order valence-electron chi connectivity index (χ2n) is 6.60. The van der Waals surface area contributed by atoms with Crippen molar-refractivity contribution in [2.24, 2.45) is 0 Å². The van der Waals surface area contributed by atoms with Crippen LogP contribution in [0.4, 0.5) is 0 Å². The minimum atomic E-state index is -3.66. The highest BCUT2D eigenvalue weighted by molar-refractivity contribution is 7.89. The van der Waals surface area contributed by atoms with Crippen molar-refractivity contribution in [3.8, 4) is 0 Å². The lowest BCUT2D eigenvalue weighted by Gasteiger charge is -2.26. The molecule has 0 radical (unpaired) electrons. The molecule has 0 spiro atoms. The van der Waals surface area contributed by atoms with Crippen LogP contribution in [0.1, 0.15) is 34.5 Å². The zero-order chi connectivity index (χ0) is 19.4. The minimum absolute atomic E-state index is 0.171. The Kier molecular flexibility index (Phi) is 5.94. The van der Waals surface area contributed by atoms with Crippen molar-refractivity contribution in [1.29, 1.82) is 0 Å². The second-order valence-corrected chi connectivity index (χ2v) is 8.51. The van der Waals surface area contributed by atoms with E-state index >= 15 is 0 Å². The third kappa shape index (κ3) is 4.37. The van der Waals surface area contributed by atoms with Gasteiger partial charge in [0.15, 0.2) is 0 Å². The Balaban J connectivity index is 1.83. The quantitative estimate of drug-likeness (QED) is 0.854. The van der Waals surface area contributed by atoms with Crippen LogP contribution in [0.2, 0.25) is 0 Å². The number of ether oxygens (including phenoxy) is 1. The molecule has 1 N–H and O–H groups in total. The molecule has 1 amide bonds. The van der Waals surface area contributed by atoms with Gasteiger partial charge in [0.05, 0.1) is 24.2 Å². The van der Waals surface area contributed by atoms with Crippen LogP contribution in [0.15, 0.2) is 53.4 Å². The number of morpholine rings is 1. The third-order valence-electron chi connectivity index (χ3n) is 4.69. The summed E-state index contributed by atoms with van der Waals surface area (Å²) in [6.07, 6.45) is 0. The number of carbonyl (C=O) groups is 1. The maximum atomic E-state index is 13.0. The summed E-state index contributed by atoms with van der Waals surface area (Å²) in [6.45, 7) is 5.04. The summed E-state index contributed by atoms with van der Waals surface area (Å²) in [4.78, 5) is 12.8. The smallest absolute Gasteiger partial charge is 0.251 e. The third-order valence-corrected chi connectivity index (χ3v) is 6.73. The number of carbonyl (C=O) groups excluding carboxylic acids is 1.